The summed E-state index contributed by atoms with van der Waals surface area (Å²) in [5.41, 5.74) is 4.86. The third-order valence-corrected chi connectivity index (χ3v) is 2.16. The van der Waals surface area contributed by atoms with E-state index in [4.69, 9.17) is 10.8 Å². The molecule has 0 spiro atoms. The molecule has 8 heteroatoms. The van der Waals surface area contributed by atoms with Gasteiger partial charge < -0.3 is 19.2 Å². The standard InChI is InChI=1S/C8H9NO6S/c9-5-8(11)15-16(12,13)14-7-3-1-2-6(10)4-7/h1-4,10H,5,9H2. The number of phenols is 1. The summed E-state index contributed by atoms with van der Waals surface area (Å²) in [6.07, 6.45) is 0. The second kappa shape index (κ2) is 4.81. The van der Waals surface area contributed by atoms with Crippen LogP contribution in [0.25, 0.3) is 0 Å². The van der Waals surface area contributed by atoms with E-state index >= 15 is 0 Å². The summed E-state index contributed by atoms with van der Waals surface area (Å²) in [4.78, 5) is 10.6. The summed E-state index contributed by atoms with van der Waals surface area (Å²) in [5.74, 6) is -1.50. The lowest BCUT2D eigenvalue weighted by Gasteiger charge is -2.05. The Balaban J connectivity index is 2.77. The fourth-order valence-electron chi connectivity index (χ4n) is 0.818. The van der Waals surface area contributed by atoms with Gasteiger partial charge in [0, 0.05) is 6.07 Å². The number of phenolic OH excluding ortho intramolecular Hbond substituents is 1. The molecule has 0 aliphatic heterocycles. The molecule has 0 aliphatic rings. The summed E-state index contributed by atoms with van der Waals surface area (Å²) in [7, 11) is -4.50. The Hall–Kier alpha value is -1.80. The second-order valence-corrected chi connectivity index (χ2v) is 3.80. The van der Waals surface area contributed by atoms with E-state index in [-0.39, 0.29) is 11.5 Å². The summed E-state index contributed by atoms with van der Waals surface area (Å²) in [6.45, 7) is -0.581. The highest BCUT2D eigenvalue weighted by Gasteiger charge is 2.18. The minimum absolute atomic E-state index is 0.176. The minimum atomic E-state index is -4.50. The number of carbonyl (C=O) groups excluding carboxylic acids is 1. The third-order valence-electron chi connectivity index (χ3n) is 1.38. The van der Waals surface area contributed by atoms with Gasteiger partial charge in [-0.05, 0) is 12.1 Å². The molecule has 1 aromatic rings. The van der Waals surface area contributed by atoms with E-state index in [1.54, 1.807) is 0 Å². The van der Waals surface area contributed by atoms with Crippen LogP contribution >= 0.6 is 0 Å². The zero-order valence-corrected chi connectivity index (χ0v) is 8.81. The number of carbonyl (C=O) groups is 1. The molecule has 1 aromatic carbocycles. The summed E-state index contributed by atoms with van der Waals surface area (Å²) in [6, 6.07) is 5.01. The number of hydrogen-bond acceptors (Lipinski definition) is 7. The van der Waals surface area contributed by atoms with E-state index in [0.29, 0.717) is 0 Å². The molecule has 0 saturated heterocycles. The number of hydrogen-bond donors (Lipinski definition) is 2. The molecule has 0 fully saturated rings. The van der Waals surface area contributed by atoms with Gasteiger partial charge in [-0.25, -0.2) is 4.79 Å². The molecule has 16 heavy (non-hydrogen) atoms. The fraction of sp³-hybridized carbons (Fsp3) is 0.125. The molecule has 0 atom stereocenters. The molecule has 0 saturated carbocycles. The van der Waals surface area contributed by atoms with E-state index in [1.807, 2.05) is 0 Å². The molecule has 0 heterocycles. The Kier molecular flexibility index (Phi) is 3.69. The van der Waals surface area contributed by atoms with E-state index in [0.717, 1.165) is 6.07 Å². The number of benzene rings is 1. The first-order chi connectivity index (χ1) is 7.43. The van der Waals surface area contributed by atoms with Crippen LogP contribution < -0.4 is 9.92 Å². The van der Waals surface area contributed by atoms with E-state index < -0.39 is 22.9 Å². The number of nitrogens with two attached hydrogens (primary N) is 1. The van der Waals surface area contributed by atoms with Crippen LogP contribution in [0.3, 0.4) is 0 Å². The van der Waals surface area contributed by atoms with Crippen molar-refractivity contribution in [3.8, 4) is 11.5 Å². The van der Waals surface area contributed by atoms with E-state index in [9.17, 15) is 13.2 Å². The average Bonchev–Trinajstić information content (AvgIpc) is 2.15. The Labute approximate surface area is 91.7 Å². The molecule has 0 bridgehead atoms. The van der Waals surface area contributed by atoms with Gasteiger partial charge in [0.1, 0.15) is 11.5 Å². The quantitative estimate of drug-likeness (QED) is 0.737. The van der Waals surface area contributed by atoms with Crippen LogP contribution in [0.1, 0.15) is 0 Å². The lowest BCUT2D eigenvalue weighted by Crippen LogP contribution is -2.23. The van der Waals surface area contributed by atoms with Crippen molar-refractivity contribution in [1.82, 2.24) is 0 Å². The van der Waals surface area contributed by atoms with Crippen LogP contribution in [0, 0.1) is 0 Å². The molecule has 88 valence electrons. The predicted octanol–water partition coefficient (Wildman–Crippen LogP) is -0.482. The molecular weight excluding hydrogens is 238 g/mol. The predicted molar refractivity (Wildman–Crippen MR) is 52.8 cm³/mol. The molecule has 3 N–H and O–H groups in total. The Morgan fingerprint density at radius 2 is 2.12 bits per heavy atom. The normalized spacial score (nSPS) is 10.8. The van der Waals surface area contributed by atoms with Gasteiger partial charge in [0.15, 0.2) is 0 Å². The fourth-order valence-corrected chi connectivity index (χ4v) is 1.49. The molecule has 0 unspecified atom stereocenters. The molecule has 0 amide bonds. The van der Waals surface area contributed by atoms with E-state index in [2.05, 4.69) is 8.37 Å². The van der Waals surface area contributed by atoms with E-state index in [1.165, 1.54) is 18.2 Å². The van der Waals surface area contributed by atoms with Crippen LogP contribution in [0.2, 0.25) is 0 Å². The van der Waals surface area contributed by atoms with Crippen molar-refractivity contribution in [2.45, 2.75) is 0 Å². The van der Waals surface area contributed by atoms with Gasteiger partial charge in [0.2, 0.25) is 0 Å². The maximum atomic E-state index is 11.1. The van der Waals surface area contributed by atoms with Gasteiger partial charge >= 0.3 is 16.4 Å². The van der Waals surface area contributed by atoms with Crippen molar-refractivity contribution in [3.63, 3.8) is 0 Å². The maximum absolute atomic E-state index is 11.1. The molecular formula is C8H9NO6S. The van der Waals surface area contributed by atoms with Crippen LogP contribution in [0.4, 0.5) is 0 Å². The van der Waals surface area contributed by atoms with Gasteiger partial charge in [0.05, 0.1) is 6.54 Å². The monoisotopic (exact) mass is 247 g/mol. The van der Waals surface area contributed by atoms with Gasteiger partial charge in [-0.15, -0.1) is 8.42 Å². The first kappa shape index (κ1) is 12.3. The third kappa shape index (κ3) is 3.75. The van der Waals surface area contributed by atoms with Gasteiger partial charge in [-0.1, -0.05) is 6.07 Å². The summed E-state index contributed by atoms with van der Waals surface area (Å²) in [5, 5.41) is 9.04. The lowest BCUT2D eigenvalue weighted by molar-refractivity contribution is -0.132. The Morgan fingerprint density at radius 3 is 2.69 bits per heavy atom. The molecule has 0 aromatic heterocycles. The largest absolute Gasteiger partial charge is 0.508 e. The Morgan fingerprint density at radius 1 is 1.44 bits per heavy atom. The minimum Gasteiger partial charge on any atom is -0.508 e. The molecule has 1 rings (SSSR count). The maximum Gasteiger partial charge on any atom is 0.503 e. The average molecular weight is 247 g/mol. The van der Waals surface area contributed by atoms with Crippen LogP contribution in [-0.4, -0.2) is 26.0 Å². The van der Waals surface area contributed by atoms with Crippen LogP contribution in [-0.2, 0) is 19.4 Å². The molecule has 7 nitrogen and oxygen atoms in total. The van der Waals surface area contributed by atoms with Crippen molar-refractivity contribution in [1.29, 1.82) is 0 Å². The van der Waals surface area contributed by atoms with Gasteiger partial charge in [-0.2, -0.15) is 0 Å². The first-order valence-corrected chi connectivity index (χ1v) is 5.42. The topological polar surface area (TPSA) is 116 Å². The Bertz CT molecular complexity index is 483. The van der Waals surface area contributed by atoms with Crippen molar-refractivity contribution >= 4 is 16.4 Å². The van der Waals surface area contributed by atoms with Crippen molar-refractivity contribution in [3.05, 3.63) is 24.3 Å². The van der Waals surface area contributed by atoms with Gasteiger partial charge in [-0.3, -0.25) is 0 Å². The number of rotatable bonds is 4. The summed E-state index contributed by atoms with van der Waals surface area (Å²) < 4.78 is 30.5. The highest BCUT2D eigenvalue weighted by atomic mass is 32.3. The van der Waals surface area contributed by atoms with Crippen molar-refractivity contribution in [2.75, 3.05) is 6.54 Å². The first-order valence-electron chi connectivity index (χ1n) is 4.09. The highest BCUT2D eigenvalue weighted by molar-refractivity contribution is 7.82. The zero-order chi connectivity index (χ0) is 12.2. The van der Waals surface area contributed by atoms with Crippen LogP contribution in [0.15, 0.2) is 24.3 Å². The lowest BCUT2D eigenvalue weighted by atomic mass is 10.3. The van der Waals surface area contributed by atoms with Crippen molar-refractivity contribution in [2.24, 2.45) is 5.73 Å². The number of aromatic hydroxyl groups is 1. The molecule has 0 radical (unpaired) electrons. The molecule has 0 aliphatic carbocycles. The summed E-state index contributed by atoms with van der Waals surface area (Å²) >= 11 is 0. The van der Waals surface area contributed by atoms with Crippen LogP contribution in [0.5, 0.6) is 11.5 Å². The van der Waals surface area contributed by atoms with Crippen molar-refractivity contribution < 1.29 is 26.7 Å². The zero-order valence-electron chi connectivity index (χ0n) is 7.99. The SMILES string of the molecule is NCC(=O)OS(=O)(=O)Oc1cccc(O)c1. The van der Waals surface area contributed by atoms with Gasteiger partial charge in [0.25, 0.3) is 0 Å². The second-order valence-electron chi connectivity index (χ2n) is 2.65. The smallest absolute Gasteiger partial charge is 0.503 e. The highest BCUT2D eigenvalue weighted by Crippen LogP contribution is 2.19.